The molecule has 1 nitrogen and oxygen atoms in total. The van der Waals surface area contributed by atoms with Gasteiger partial charge in [-0.3, -0.25) is 0 Å². The maximum atomic E-state index is 9.41. The molecule has 0 bridgehead atoms. The Morgan fingerprint density at radius 2 is 2.13 bits per heavy atom. The molecule has 3 atom stereocenters. The lowest BCUT2D eigenvalue weighted by atomic mass is 9.79. The van der Waals surface area contributed by atoms with Crippen molar-refractivity contribution >= 4 is 0 Å². The van der Waals surface area contributed by atoms with Gasteiger partial charge in [0.2, 0.25) is 0 Å². The zero-order valence-electron chi connectivity index (χ0n) is 10.1. The number of hydrogen-bond donors (Lipinski definition) is 1. The monoisotopic (exact) mass is 206 g/mol. The van der Waals surface area contributed by atoms with Crippen LogP contribution in [0.3, 0.4) is 0 Å². The minimum absolute atomic E-state index is 0.151. The molecular formula is C14H22O. The molecule has 2 rings (SSSR count). The summed E-state index contributed by atoms with van der Waals surface area (Å²) in [6.45, 7) is 7.15. The van der Waals surface area contributed by atoms with Crippen LogP contribution in [0.1, 0.15) is 40.0 Å². The summed E-state index contributed by atoms with van der Waals surface area (Å²) in [5.41, 5.74) is 1.93. The van der Waals surface area contributed by atoms with E-state index in [-0.39, 0.29) is 5.41 Å². The number of aliphatic hydroxyl groups is 1. The first kappa shape index (κ1) is 10.9. The van der Waals surface area contributed by atoms with Crippen molar-refractivity contribution in [3.63, 3.8) is 0 Å². The van der Waals surface area contributed by atoms with Crippen LogP contribution < -0.4 is 0 Å². The third kappa shape index (κ3) is 1.57. The van der Waals surface area contributed by atoms with Gasteiger partial charge in [-0.25, -0.2) is 0 Å². The Morgan fingerprint density at radius 3 is 2.60 bits per heavy atom. The van der Waals surface area contributed by atoms with E-state index < -0.39 is 0 Å². The van der Waals surface area contributed by atoms with E-state index >= 15 is 0 Å². The van der Waals surface area contributed by atoms with Crippen molar-refractivity contribution in [2.45, 2.75) is 40.0 Å². The van der Waals surface area contributed by atoms with Gasteiger partial charge in [-0.05, 0) is 41.6 Å². The highest BCUT2D eigenvalue weighted by atomic mass is 16.3. The zero-order chi connectivity index (χ0) is 11.1. The van der Waals surface area contributed by atoms with Crippen LogP contribution in [0.5, 0.6) is 0 Å². The number of hydrogen-bond acceptors (Lipinski definition) is 1. The highest BCUT2D eigenvalue weighted by Gasteiger charge is 2.63. The average Bonchev–Trinajstić information content (AvgIpc) is 2.84. The van der Waals surface area contributed by atoms with Crippen molar-refractivity contribution in [3.8, 4) is 0 Å². The number of rotatable bonds is 3. The fourth-order valence-corrected chi connectivity index (χ4v) is 3.00. The SMILES string of the molecule is CC(C1=CCCC=C1)C1(C)CC1(C)CO. The van der Waals surface area contributed by atoms with E-state index in [2.05, 4.69) is 39.0 Å². The molecular weight excluding hydrogens is 184 g/mol. The second-order valence-electron chi connectivity index (χ2n) is 5.72. The van der Waals surface area contributed by atoms with Crippen molar-refractivity contribution in [1.29, 1.82) is 0 Å². The van der Waals surface area contributed by atoms with Gasteiger partial charge in [0, 0.05) is 6.61 Å². The van der Waals surface area contributed by atoms with E-state index in [1.165, 1.54) is 18.4 Å². The topological polar surface area (TPSA) is 20.2 Å². The molecule has 3 unspecified atom stereocenters. The van der Waals surface area contributed by atoms with Crippen LogP contribution in [-0.2, 0) is 0 Å². The Hall–Kier alpha value is -0.560. The van der Waals surface area contributed by atoms with Crippen molar-refractivity contribution in [2.24, 2.45) is 16.7 Å². The summed E-state index contributed by atoms with van der Waals surface area (Å²) in [6, 6.07) is 0. The minimum atomic E-state index is 0.151. The highest BCUT2D eigenvalue weighted by molar-refractivity contribution is 5.30. The van der Waals surface area contributed by atoms with Gasteiger partial charge in [0.05, 0.1) is 0 Å². The predicted octanol–water partition coefficient (Wildman–Crippen LogP) is 3.31. The van der Waals surface area contributed by atoms with Crippen molar-refractivity contribution in [3.05, 3.63) is 23.8 Å². The van der Waals surface area contributed by atoms with E-state index in [4.69, 9.17) is 0 Å². The van der Waals surface area contributed by atoms with Crippen LogP contribution in [0.15, 0.2) is 23.8 Å². The molecule has 0 amide bonds. The molecule has 0 aromatic carbocycles. The smallest absolute Gasteiger partial charge is 0.0490 e. The van der Waals surface area contributed by atoms with Crippen LogP contribution in [0.2, 0.25) is 0 Å². The fourth-order valence-electron chi connectivity index (χ4n) is 3.00. The van der Waals surface area contributed by atoms with Crippen LogP contribution in [0.25, 0.3) is 0 Å². The molecule has 1 saturated carbocycles. The highest BCUT2D eigenvalue weighted by Crippen LogP contribution is 2.68. The molecule has 15 heavy (non-hydrogen) atoms. The molecule has 2 aliphatic carbocycles. The average molecular weight is 206 g/mol. The van der Waals surface area contributed by atoms with Gasteiger partial charge in [0.15, 0.2) is 0 Å². The van der Waals surface area contributed by atoms with Crippen LogP contribution >= 0.6 is 0 Å². The standard InChI is InChI=1S/C14H22O/c1-11(12-7-5-4-6-8-12)14(3)9-13(14,2)10-15/h5,7-8,11,15H,4,6,9-10H2,1-3H3. The van der Waals surface area contributed by atoms with Gasteiger partial charge >= 0.3 is 0 Å². The van der Waals surface area contributed by atoms with Crippen molar-refractivity contribution in [2.75, 3.05) is 6.61 Å². The Balaban J connectivity index is 2.13. The van der Waals surface area contributed by atoms with Gasteiger partial charge in [-0.15, -0.1) is 0 Å². The first-order chi connectivity index (χ1) is 7.03. The molecule has 1 fully saturated rings. The van der Waals surface area contributed by atoms with E-state index in [0.717, 1.165) is 6.42 Å². The van der Waals surface area contributed by atoms with Crippen molar-refractivity contribution in [1.82, 2.24) is 0 Å². The quantitative estimate of drug-likeness (QED) is 0.751. The van der Waals surface area contributed by atoms with Gasteiger partial charge in [-0.2, -0.15) is 0 Å². The second kappa shape index (κ2) is 3.48. The maximum Gasteiger partial charge on any atom is 0.0490 e. The van der Waals surface area contributed by atoms with E-state index in [0.29, 0.717) is 17.9 Å². The zero-order valence-corrected chi connectivity index (χ0v) is 10.1. The Labute approximate surface area is 92.9 Å². The fraction of sp³-hybridized carbons (Fsp3) is 0.714. The number of aliphatic hydroxyl groups excluding tert-OH is 1. The summed E-state index contributed by atoms with van der Waals surface area (Å²) in [5, 5.41) is 9.41. The molecule has 0 heterocycles. The van der Waals surface area contributed by atoms with E-state index in [1.807, 2.05) is 0 Å². The summed E-state index contributed by atoms with van der Waals surface area (Å²) in [4.78, 5) is 0. The summed E-state index contributed by atoms with van der Waals surface area (Å²) in [7, 11) is 0. The van der Waals surface area contributed by atoms with Crippen molar-refractivity contribution < 1.29 is 5.11 Å². The second-order valence-corrected chi connectivity index (χ2v) is 5.72. The van der Waals surface area contributed by atoms with Gasteiger partial charge < -0.3 is 5.11 Å². The lowest BCUT2D eigenvalue weighted by Gasteiger charge is -2.26. The first-order valence-corrected chi connectivity index (χ1v) is 6.01. The van der Waals surface area contributed by atoms with Gasteiger partial charge in [0.1, 0.15) is 0 Å². The van der Waals surface area contributed by atoms with Crippen LogP contribution in [-0.4, -0.2) is 11.7 Å². The molecule has 0 saturated heterocycles. The molecule has 0 aromatic rings. The summed E-state index contributed by atoms with van der Waals surface area (Å²) in [6.07, 6.45) is 10.4. The van der Waals surface area contributed by atoms with Crippen LogP contribution in [0.4, 0.5) is 0 Å². The third-order valence-corrected chi connectivity index (χ3v) is 4.84. The molecule has 2 aliphatic rings. The molecule has 0 aromatic heterocycles. The third-order valence-electron chi connectivity index (χ3n) is 4.84. The largest absolute Gasteiger partial charge is 0.396 e. The Kier molecular flexibility index (Phi) is 2.54. The first-order valence-electron chi connectivity index (χ1n) is 6.01. The molecule has 1 heteroatoms. The molecule has 0 radical (unpaired) electrons. The molecule has 0 spiro atoms. The van der Waals surface area contributed by atoms with Gasteiger partial charge in [-0.1, -0.05) is 39.0 Å². The van der Waals surface area contributed by atoms with E-state index in [9.17, 15) is 5.11 Å². The van der Waals surface area contributed by atoms with E-state index in [1.54, 1.807) is 0 Å². The lowest BCUT2D eigenvalue weighted by Crippen LogP contribution is -2.21. The normalized spacial score (nSPS) is 41.2. The number of allylic oxidation sites excluding steroid dienone is 4. The van der Waals surface area contributed by atoms with Gasteiger partial charge in [0.25, 0.3) is 0 Å². The Morgan fingerprint density at radius 1 is 1.40 bits per heavy atom. The summed E-state index contributed by atoms with van der Waals surface area (Å²) >= 11 is 0. The molecule has 1 N–H and O–H groups in total. The maximum absolute atomic E-state index is 9.41. The predicted molar refractivity (Wildman–Crippen MR) is 63.5 cm³/mol. The summed E-state index contributed by atoms with van der Waals surface area (Å²) in [5.74, 6) is 0.575. The van der Waals surface area contributed by atoms with Crippen LogP contribution in [0, 0.1) is 16.7 Å². The minimum Gasteiger partial charge on any atom is -0.396 e. The molecule has 84 valence electrons. The summed E-state index contributed by atoms with van der Waals surface area (Å²) < 4.78 is 0. The lowest BCUT2D eigenvalue weighted by molar-refractivity contribution is 0.173. The Bertz CT molecular complexity index is 315. The molecule has 0 aliphatic heterocycles.